The smallest absolute Gasteiger partial charge is 0.223 e. The van der Waals surface area contributed by atoms with E-state index in [9.17, 15) is 9.18 Å². The Labute approximate surface area is 165 Å². The molecule has 3 rings (SSSR count). The molecule has 0 aliphatic carbocycles. The van der Waals surface area contributed by atoms with Crippen LogP contribution >= 0.6 is 0 Å². The van der Waals surface area contributed by atoms with Crippen molar-refractivity contribution in [1.82, 2.24) is 10.2 Å². The zero-order valence-corrected chi connectivity index (χ0v) is 16.2. The van der Waals surface area contributed by atoms with Gasteiger partial charge in [-0.3, -0.25) is 4.79 Å². The number of hydrogen-bond acceptors (Lipinski definition) is 4. The molecule has 5 nitrogen and oxygen atoms in total. The highest BCUT2D eigenvalue weighted by Crippen LogP contribution is 2.27. The molecule has 0 aromatic heterocycles. The molecule has 1 heterocycles. The number of hydrogen-bond donors (Lipinski definition) is 1. The number of rotatable bonds is 8. The molecule has 0 bridgehead atoms. The van der Waals surface area contributed by atoms with Crippen LogP contribution in [-0.2, 0) is 4.79 Å². The Kier molecular flexibility index (Phi) is 7.25. The van der Waals surface area contributed by atoms with Crippen molar-refractivity contribution in [3.63, 3.8) is 0 Å². The van der Waals surface area contributed by atoms with Crippen molar-refractivity contribution in [2.45, 2.75) is 25.8 Å². The summed E-state index contributed by atoms with van der Waals surface area (Å²) in [5.41, 5.74) is 0.822. The molecule has 0 radical (unpaired) electrons. The van der Waals surface area contributed by atoms with E-state index in [4.69, 9.17) is 9.47 Å². The molecule has 1 aliphatic rings. The molecular formula is C22H27FN2O3. The summed E-state index contributed by atoms with van der Waals surface area (Å²) in [6.45, 7) is 4.94. The van der Waals surface area contributed by atoms with Crippen LogP contribution in [0.1, 0.15) is 31.4 Å². The van der Waals surface area contributed by atoms with Crippen molar-refractivity contribution < 1.29 is 18.7 Å². The SMILES string of the molecule is CCOc1ccccc1OCCCC(=O)N1CCNCC1c1cccc(F)c1. The summed E-state index contributed by atoms with van der Waals surface area (Å²) in [6, 6.07) is 13.9. The highest BCUT2D eigenvalue weighted by molar-refractivity contribution is 5.77. The number of nitrogens with zero attached hydrogens (tertiary/aromatic N) is 1. The molecule has 1 aliphatic heterocycles. The minimum absolute atomic E-state index is 0.0671. The summed E-state index contributed by atoms with van der Waals surface area (Å²) in [4.78, 5) is 14.6. The molecule has 1 unspecified atom stereocenters. The molecule has 2 aromatic carbocycles. The second-order valence-electron chi connectivity index (χ2n) is 6.69. The quantitative estimate of drug-likeness (QED) is 0.705. The number of ether oxygens (including phenoxy) is 2. The van der Waals surface area contributed by atoms with Gasteiger partial charge < -0.3 is 19.7 Å². The number of para-hydroxylation sites is 2. The second kappa shape index (κ2) is 10.1. The number of piperazine rings is 1. The second-order valence-corrected chi connectivity index (χ2v) is 6.69. The first-order chi connectivity index (χ1) is 13.7. The van der Waals surface area contributed by atoms with Crippen molar-refractivity contribution in [1.29, 1.82) is 0 Å². The number of nitrogens with one attached hydrogen (secondary N) is 1. The molecule has 0 saturated carbocycles. The Hall–Kier alpha value is -2.60. The van der Waals surface area contributed by atoms with E-state index in [1.807, 2.05) is 42.2 Å². The zero-order valence-electron chi connectivity index (χ0n) is 16.2. The minimum Gasteiger partial charge on any atom is -0.490 e. The van der Waals surface area contributed by atoms with Crippen LogP contribution in [0.2, 0.25) is 0 Å². The van der Waals surface area contributed by atoms with Gasteiger partial charge in [0.1, 0.15) is 5.82 Å². The van der Waals surface area contributed by atoms with Crippen LogP contribution < -0.4 is 14.8 Å². The molecule has 28 heavy (non-hydrogen) atoms. The van der Waals surface area contributed by atoms with E-state index in [0.29, 0.717) is 50.6 Å². The average Bonchev–Trinajstić information content (AvgIpc) is 2.72. The highest BCUT2D eigenvalue weighted by atomic mass is 19.1. The van der Waals surface area contributed by atoms with Gasteiger partial charge in [0.05, 0.1) is 19.3 Å². The van der Waals surface area contributed by atoms with Gasteiger partial charge in [-0.05, 0) is 43.2 Å². The molecule has 150 valence electrons. The van der Waals surface area contributed by atoms with E-state index >= 15 is 0 Å². The number of amides is 1. The van der Waals surface area contributed by atoms with Gasteiger partial charge in [-0.15, -0.1) is 0 Å². The third kappa shape index (κ3) is 5.23. The van der Waals surface area contributed by atoms with Crippen molar-refractivity contribution >= 4 is 5.91 Å². The van der Waals surface area contributed by atoms with Crippen LogP contribution in [-0.4, -0.2) is 43.7 Å². The first-order valence-corrected chi connectivity index (χ1v) is 9.79. The molecule has 1 fully saturated rings. The lowest BCUT2D eigenvalue weighted by Gasteiger charge is -2.36. The van der Waals surface area contributed by atoms with Crippen molar-refractivity contribution in [2.24, 2.45) is 0 Å². The maximum atomic E-state index is 13.6. The lowest BCUT2D eigenvalue weighted by Crippen LogP contribution is -2.48. The van der Waals surface area contributed by atoms with E-state index in [0.717, 1.165) is 12.1 Å². The monoisotopic (exact) mass is 386 g/mol. The van der Waals surface area contributed by atoms with Gasteiger partial charge in [-0.25, -0.2) is 4.39 Å². The lowest BCUT2D eigenvalue weighted by atomic mass is 10.0. The molecule has 1 atom stereocenters. The summed E-state index contributed by atoms with van der Waals surface area (Å²) in [5.74, 6) is 1.19. The number of carbonyl (C=O) groups is 1. The first kappa shape index (κ1) is 20.1. The predicted octanol–water partition coefficient (Wildman–Crippen LogP) is 3.56. The fourth-order valence-electron chi connectivity index (χ4n) is 3.41. The summed E-state index contributed by atoms with van der Waals surface area (Å²) in [7, 11) is 0. The number of halogens is 1. The van der Waals surface area contributed by atoms with Gasteiger partial charge >= 0.3 is 0 Å². The number of benzene rings is 2. The normalized spacial score (nSPS) is 16.6. The van der Waals surface area contributed by atoms with E-state index in [2.05, 4.69) is 5.32 Å². The maximum absolute atomic E-state index is 13.6. The fourth-order valence-corrected chi connectivity index (χ4v) is 3.41. The van der Waals surface area contributed by atoms with Gasteiger partial charge in [0, 0.05) is 26.1 Å². The molecule has 0 spiro atoms. The first-order valence-electron chi connectivity index (χ1n) is 9.79. The third-order valence-electron chi connectivity index (χ3n) is 4.74. The van der Waals surface area contributed by atoms with Crippen LogP contribution in [0.4, 0.5) is 4.39 Å². The largest absolute Gasteiger partial charge is 0.490 e. The fraction of sp³-hybridized carbons (Fsp3) is 0.409. The Balaban J connectivity index is 1.53. The Bertz CT molecular complexity index is 784. The highest BCUT2D eigenvalue weighted by Gasteiger charge is 2.27. The maximum Gasteiger partial charge on any atom is 0.223 e. The molecular weight excluding hydrogens is 359 g/mol. The predicted molar refractivity (Wildman–Crippen MR) is 106 cm³/mol. The van der Waals surface area contributed by atoms with Gasteiger partial charge in [0.25, 0.3) is 0 Å². The van der Waals surface area contributed by atoms with Crippen LogP contribution in [0.15, 0.2) is 48.5 Å². The van der Waals surface area contributed by atoms with Crippen LogP contribution in [0, 0.1) is 5.82 Å². The van der Waals surface area contributed by atoms with Crippen molar-refractivity contribution in [3.05, 3.63) is 59.9 Å². The summed E-state index contributed by atoms with van der Waals surface area (Å²) >= 11 is 0. The van der Waals surface area contributed by atoms with E-state index in [1.165, 1.54) is 12.1 Å². The number of carbonyl (C=O) groups excluding carboxylic acids is 1. The van der Waals surface area contributed by atoms with Gasteiger partial charge in [-0.2, -0.15) is 0 Å². The molecule has 6 heteroatoms. The Morgan fingerprint density at radius 1 is 1.18 bits per heavy atom. The topological polar surface area (TPSA) is 50.8 Å². The van der Waals surface area contributed by atoms with E-state index in [1.54, 1.807) is 6.07 Å². The molecule has 1 amide bonds. The standard InChI is InChI=1S/C22H27FN2O3/c1-2-27-20-9-3-4-10-21(20)28-14-6-11-22(26)25-13-12-24-16-19(25)17-7-5-8-18(23)15-17/h3-5,7-10,15,19,24H,2,6,11-14,16H2,1H3. The van der Waals surface area contributed by atoms with Crippen molar-refractivity contribution in [2.75, 3.05) is 32.8 Å². The Morgan fingerprint density at radius 3 is 2.71 bits per heavy atom. The lowest BCUT2D eigenvalue weighted by molar-refractivity contribution is -0.134. The third-order valence-corrected chi connectivity index (χ3v) is 4.74. The Morgan fingerprint density at radius 2 is 1.96 bits per heavy atom. The molecule has 1 saturated heterocycles. The summed E-state index contributed by atoms with van der Waals surface area (Å²) in [5, 5.41) is 3.29. The minimum atomic E-state index is -0.281. The van der Waals surface area contributed by atoms with Crippen LogP contribution in [0.3, 0.4) is 0 Å². The van der Waals surface area contributed by atoms with E-state index < -0.39 is 0 Å². The van der Waals surface area contributed by atoms with Gasteiger partial charge in [0.15, 0.2) is 11.5 Å². The summed E-state index contributed by atoms with van der Waals surface area (Å²) < 4.78 is 24.9. The zero-order chi connectivity index (χ0) is 19.8. The summed E-state index contributed by atoms with van der Waals surface area (Å²) in [6.07, 6.45) is 1.00. The van der Waals surface area contributed by atoms with Crippen molar-refractivity contribution in [3.8, 4) is 11.5 Å². The molecule has 2 aromatic rings. The van der Waals surface area contributed by atoms with Gasteiger partial charge in [-0.1, -0.05) is 24.3 Å². The van der Waals surface area contributed by atoms with E-state index in [-0.39, 0.29) is 17.8 Å². The molecule has 1 N–H and O–H groups in total. The van der Waals surface area contributed by atoms with Crippen LogP contribution in [0.25, 0.3) is 0 Å². The van der Waals surface area contributed by atoms with Gasteiger partial charge in [0.2, 0.25) is 5.91 Å². The van der Waals surface area contributed by atoms with Crippen LogP contribution in [0.5, 0.6) is 11.5 Å². The average molecular weight is 386 g/mol.